The van der Waals surface area contributed by atoms with Crippen molar-refractivity contribution >= 4 is 11.8 Å². The highest BCUT2D eigenvalue weighted by molar-refractivity contribution is 8.00. The van der Waals surface area contributed by atoms with Gasteiger partial charge in [-0.3, -0.25) is 0 Å². The van der Waals surface area contributed by atoms with Crippen molar-refractivity contribution in [2.75, 3.05) is 5.88 Å². The first kappa shape index (κ1) is 5.00. The summed E-state index contributed by atoms with van der Waals surface area (Å²) in [5, 5.41) is 11.7. The largest absolute Gasteiger partial charge is 0.377 e. The van der Waals surface area contributed by atoms with E-state index < -0.39 is 0 Å². The van der Waals surface area contributed by atoms with Crippen LogP contribution in [0.15, 0.2) is 12.3 Å². The van der Waals surface area contributed by atoms with E-state index in [4.69, 9.17) is 5.11 Å². The van der Waals surface area contributed by atoms with Crippen LogP contribution in [-0.4, -0.2) is 16.4 Å². The Morgan fingerprint density at radius 3 is 2.86 bits per heavy atom. The second-order valence-corrected chi connectivity index (χ2v) is 2.43. The number of aliphatic hydroxyl groups is 1. The van der Waals surface area contributed by atoms with Gasteiger partial charge in [0.2, 0.25) is 0 Å². The number of hydrogen-bond donors (Lipinski definition) is 2. The van der Waals surface area contributed by atoms with Crippen molar-refractivity contribution in [3.8, 4) is 0 Å². The topological polar surface area (TPSA) is 32.3 Å². The summed E-state index contributed by atoms with van der Waals surface area (Å²) in [5.74, 6) is 0.792. The Kier molecular flexibility index (Phi) is 1.25. The average molecular weight is 117 g/mol. The molecule has 1 unspecified atom stereocenters. The zero-order valence-electron chi connectivity index (χ0n) is 3.85. The SMILES string of the molecule is C=C1NCSC1O. The highest BCUT2D eigenvalue weighted by Gasteiger charge is 2.14. The summed E-state index contributed by atoms with van der Waals surface area (Å²) >= 11 is 1.45. The van der Waals surface area contributed by atoms with E-state index in [2.05, 4.69) is 11.9 Å². The number of thioether (sulfide) groups is 1. The van der Waals surface area contributed by atoms with Gasteiger partial charge in [-0.2, -0.15) is 0 Å². The molecule has 1 rings (SSSR count). The third-order valence-electron chi connectivity index (χ3n) is 0.839. The van der Waals surface area contributed by atoms with Gasteiger partial charge in [-0.05, 0) is 0 Å². The Balaban J connectivity index is 2.48. The maximum Gasteiger partial charge on any atom is 0.140 e. The van der Waals surface area contributed by atoms with Crippen LogP contribution in [0.1, 0.15) is 0 Å². The van der Waals surface area contributed by atoms with Gasteiger partial charge < -0.3 is 10.4 Å². The zero-order chi connectivity index (χ0) is 5.28. The third-order valence-corrected chi connectivity index (χ3v) is 1.75. The van der Waals surface area contributed by atoms with Crippen molar-refractivity contribution in [1.29, 1.82) is 0 Å². The molecule has 0 aromatic carbocycles. The Morgan fingerprint density at radius 2 is 2.71 bits per heavy atom. The van der Waals surface area contributed by atoms with Crippen LogP contribution in [0.5, 0.6) is 0 Å². The van der Waals surface area contributed by atoms with Crippen LogP contribution >= 0.6 is 11.8 Å². The molecule has 2 nitrogen and oxygen atoms in total. The monoisotopic (exact) mass is 117 g/mol. The molecular formula is C4H7NOS. The lowest BCUT2D eigenvalue weighted by molar-refractivity contribution is 0.297. The predicted molar refractivity (Wildman–Crippen MR) is 30.7 cm³/mol. The molecule has 1 fully saturated rings. The van der Waals surface area contributed by atoms with E-state index in [1.54, 1.807) is 0 Å². The summed E-state index contributed by atoms with van der Waals surface area (Å²) in [6, 6.07) is 0. The minimum atomic E-state index is -0.375. The lowest BCUT2D eigenvalue weighted by atomic mass is 10.5. The van der Waals surface area contributed by atoms with Crippen molar-refractivity contribution in [3.05, 3.63) is 12.3 Å². The predicted octanol–water partition coefficient (Wildman–Crippen LogP) is 0.112. The highest BCUT2D eigenvalue weighted by atomic mass is 32.2. The lowest BCUT2D eigenvalue weighted by Gasteiger charge is -1.95. The van der Waals surface area contributed by atoms with Gasteiger partial charge >= 0.3 is 0 Å². The smallest absolute Gasteiger partial charge is 0.140 e. The summed E-state index contributed by atoms with van der Waals surface area (Å²) in [5.41, 5.74) is 0.352. The maximum absolute atomic E-state index is 8.80. The van der Waals surface area contributed by atoms with Crippen LogP contribution in [0.3, 0.4) is 0 Å². The van der Waals surface area contributed by atoms with E-state index in [1.807, 2.05) is 0 Å². The molecular weight excluding hydrogens is 110 g/mol. The minimum Gasteiger partial charge on any atom is -0.377 e. The van der Waals surface area contributed by atoms with Crippen LogP contribution in [0.25, 0.3) is 0 Å². The van der Waals surface area contributed by atoms with Gasteiger partial charge in [-0.15, -0.1) is 11.8 Å². The Morgan fingerprint density at radius 1 is 2.00 bits per heavy atom. The van der Waals surface area contributed by atoms with E-state index in [0.717, 1.165) is 11.6 Å². The van der Waals surface area contributed by atoms with Crippen molar-refractivity contribution < 1.29 is 5.11 Å². The summed E-state index contributed by atoms with van der Waals surface area (Å²) in [6.45, 7) is 3.55. The van der Waals surface area contributed by atoms with Crippen molar-refractivity contribution in [2.45, 2.75) is 5.44 Å². The molecule has 3 heteroatoms. The number of nitrogens with one attached hydrogen (secondary N) is 1. The fourth-order valence-electron chi connectivity index (χ4n) is 0.401. The second kappa shape index (κ2) is 1.76. The van der Waals surface area contributed by atoms with E-state index in [0.29, 0.717) is 0 Å². The summed E-state index contributed by atoms with van der Waals surface area (Å²) in [7, 11) is 0. The molecule has 0 spiro atoms. The van der Waals surface area contributed by atoms with E-state index in [9.17, 15) is 0 Å². The number of hydrogen-bond acceptors (Lipinski definition) is 3. The first-order valence-corrected chi connectivity index (χ1v) is 3.08. The molecule has 2 N–H and O–H groups in total. The fraction of sp³-hybridized carbons (Fsp3) is 0.500. The van der Waals surface area contributed by atoms with Crippen LogP contribution in [-0.2, 0) is 0 Å². The van der Waals surface area contributed by atoms with E-state index >= 15 is 0 Å². The van der Waals surface area contributed by atoms with Crippen molar-refractivity contribution in [3.63, 3.8) is 0 Å². The van der Waals surface area contributed by atoms with Crippen LogP contribution in [0, 0.1) is 0 Å². The highest BCUT2D eigenvalue weighted by Crippen LogP contribution is 2.18. The average Bonchev–Trinajstić information content (AvgIpc) is 1.91. The van der Waals surface area contributed by atoms with Gasteiger partial charge in [0.25, 0.3) is 0 Å². The molecule has 0 bridgehead atoms. The van der Waals surface area contributed by atoms with Crippen LogP contribution in [0.2, 0.25) is 0 Å². The second-order valence-electron chi connectivity index (χ2n) is 1.37. The Bertz CT molecular complexity index is 93.7. The maximum atomic E-state index is 8.80. The molecule has 1 atom stereocenters. The zero-order valence-corrected chi connectivity index (χ0v) is 4.66. The normalized spacial score (nSPS) is 30.4. The van der Waals surface area contributed by atoms with Crippen LogP contribution in [0.4, 0.5) is 0 Å². The Hall–Kier alpha value is -0.150. The number of aliphatic hydroxyl groups excluding tert-OH is 1. The molecule has 7 heavy (non-hydrogen) atoms. The van der Waals surface area contributed by atoms with Crippen molar-refractivity contribution in [1.82, 2.24) is 5.32 Å². The third kappa shape index (κ3) is 0.894. The Labute approximate surface area is 46.6 Å². The minimum absolute atomic E-state index is 0.375. The van der Waals surface area contributed by atoms with Gasteiger partial charge in [0.1, 0.15) is 5.44 Å². The fourth-order valence-corrected chi connectivity index (χ4v) is 1.11. The van der Waals surface area contributed by atoms with Gasteiger partial charge in [-0.1, -0.05) is 6.58 Å². The van der Waals surface area contributed by atoms with Gasteiger partial charge in [0, 0.05) is 5.70 Å². The first-order chi connectivity index (χ1) is 3.30. The molecule has 0 aromatic rings. The quantitative estimate of drug-likeness (QED) is 0.472. The summed E-state index contributed by atoms with van der Waals surface area (Å²) in [4.78, 5) is 0. The molecule has 0 amide bonds. The van der Waals surface area contributed by atoms with Crippen molar-refractivity contribution in [2.24, 2.45) is 0 Å². The van der Waals surface area contributed by atoms with Gasteiger partial charge in [0.05, 0.1) is 5.88 Å². The molecule has 1 aliphatic rings. The molecule has 0 aromatic heterocycles. The van der Waals surface area contributed by atoms with Gasteiger partial charge in [-0.25, -0.2) is 0 Å². The standard InChI is InChI=1S/C4H7NOS/c1-3-4(6)7-2-5-3/h4-6H,1-2H2. The summed E-state index contributed by atoms with van der Waals surface area (Å²) < 4.78 is 0. The molecule has 40 valence electrons. The molecule has 1 saturated heterocycles. The first-order valence-electron chi connectivity index (χ1n) is 2.03. The molecule has 0 saturated carbocycles. The summed E-state index contributed by atoms with van der Waals surface area (Å²) in [6.07, 6.45) is 0. The lowest BCUT2D eigenvalue weighted by Crippen LogP contribution is -2.07. The molecule has 0 aliphatic carbocycles. The molecule has 0 radical (unpaired) electrons. The number of rotatable bonds is 0. The van der Waals surface area contributed by atoms with Gasteiger partial charge in [0.15, 0.2) is 0 Å². The van der Waals surface area contributed by atoms with Crippen LogP contribution < -0.4 is 5.32 Å². The molecule has 1 heterocycles. The van der Waals surface area contributed by atoms with E-state index in [1.165, 1.54) is 11.8 Å². The van der Waals surface area contributed by atoms with E-state index in [-0.39, 0.29) is 5.44 Å². The molecule has 1 aliphatic heterocycles.